The van der Waals surface area contributed by atoms with Crippen molar-refractivity contribution in [3.05, 3.63) is 30.5 Å². The molecular weight excluding hydrogens is 576 g/mol. The maximum absolute atomic E-state index is 12.5. The van der Waals surface area contributed by atoms with Crippen molar-refractivity contribution in [3.63, 3.8) is 0 Å². The predicted octanol–water partition coefficient (Wildman–Crippen LogP) is 1.41. The average molecular weight is 611 g/mol. The van der Waals surface area contributed by atoms with E-state index in [1.807, 2.05) is 0 Å². The quantitative estimate of drug-likeness (QED) is 0.267. The molecule has 1 aliphatic heterocycles. The van der Waals surface area contributed by atoms with Crippen LogP contribution in [0.2, 0.25) is 0 Å². The first-order chi connectivity index (χ1) is 19.9. The Morgan fingerprint density at radius 2 is 1.36 bits per heavy atom. The predicted molar refractivity (Wildman–Crippen MR) is 143 cm³/mol. The Bertz CT molecular complexity index is 1380. The van der Waals surface area contributed by atoms with Gasteiger partial charge in [-0.1, -0.05) is 45.0 Å². The molecule has 2 heterocycles. The lowest BCUT2D eigenvalue weighted by Gasteiger charge is -2.44. The molecule has 0 radical (unpaired) electrons. The number of benzene rings is 1. The second-order valence-corrected chi connectivity index (χ2v) is 10.7. The van der Waals surface area contributed by atoms with Crippen molar-refractivity contribution >= 4 is 33.9 Å². The fraction of sp³-hybridized carbons (Fsp3) is 0.538. The first-order valence-electron chi connectivity index (χ1n) is 13.4. The SMILES string of the molecule is CCC(=O)OC[C@H]1O[C@@H](n2cc(-c3ccc(S(N)(=O)=O)cc3)nn2)[C@H](OC(=O)CC)[C@@H](OC(=O)CC)[C@@H]1OC(=O)CC. The lowest BCUT2D eigenvalue weighted by molar-refractivity contribution is -0.271. The van der Waals surface area contributed by atoms with Gasteiger partial charge in [-0.15, -0.1) is 5.10 Å². The first kappa shape index (κ1) is 32.6. The number of esters is 4. The Hall–Kier alpha value is -3.89. The van der Waals surface area contributed by atoms with E-state index in [4.69, 9.17) is 28.8 Å². The Balaban J connectivity index is 2.07. The highest BCUT2D eigenvalue weighted by Crippen LogP contribution is 2.35. The monoisotopic (exact) mass is 610 g/mol. The Labute approximate surface area is 242 Å². The van der Waals surface area contributed by atoms with Crippen molar-refractivity contribution in [2.45, 2.75) is 88.9 Å². The van der Waals surface area contributed by atoms with Gasteiger partial charge in [-0.3, -0.25) is 19.2 Å². The fourth-order valence-corrected chi connectivity index (χ4v) is 4.49. The summed E-state index contributed by atoms with van der Waals surface area (Å²) in [7, 11) is -3.91. The van der Waals surface area contributed by atoms with Gasteiger partial charge >= 0.3 is 23.9 Å². The molecule has 0 amide bonds. The highest BCUT2D eigenvalue weighted by atomic mass is 32.2. The molecule has 1 aromatic carbocycles. The summed E-state index contributed by atoms with van der Waals surface area (Å²) >= 11 is 0. The summed E-state index contributed by atoms with van der Waals surface area (Å²) in [6.07, 6.45) is -5.06. The van der Waals surface area contributed by atoms with Crippen molar-refractivity contribution < 1.29 is 51.3 Å². The summed E-state index contributed by atoms with van der Waals surface area (Å²) in [6, 6.07) is 5.56. The topological polar surface area (TPSA) is 205 Å². The normalized spacial score (nSPS) is 22.2. The van der Waals surface area contributed by atoms with E-state index in [9.17, 15) is 27.6 Å². The number of hydrogen-bond donors (Lipinski definition) is 1. The molecule has 0 bridgehead atoms. The lowest BCUT2D eigenvalue weighted by Crippen LogP contribution is -2.60. The van der Waals surface area contributed by atoms with E-state index >= 15 is 0 Å². The number of ether oxygens (including phenoxy) is 5. The largest absolute Gasteiger partial charge is 0.463 e. The van der Waals surface area contributed by atoms with Crippen molar-refractivity contribution in [3.8, 4) is 11.3 Å². The molecule has 0 saturated carbocycles. The van der Waals surface area contributed by atoms with E-state index in [0.717, 1.165) is 0 Å². The van der Waals surface area contributed by atoms with Crippen LogP contribution < -0.4 is 5.14 Å². The molecule has 15 nitrogen and oxygen atoms in total. The molecule has 230 valence electrons. The van der Waals surface area contributed by atoms with Gasteiger partial charge in [0.25, 0.3) is 0 Å². The molecule has 0 unspecified atom stereocenters. The Kier molecular flexibility index (Phi) is 11.1. The van der Waals surface area contributed by atoms with Crippen molar-refractivity contribution in [2.24, 2.45) is 5.14 Å². The number of hydrogen-bond acceptors (Lipinski definition) is 13. The van der Waals surface area contributed by atoms with E-state index in [-0.39, 0.29) is 42.9 Å². The number of nitrogens with two attached hydrogens (primary N) is 1. The van der Waals surface area contributed by atoms with Gasteiger partial charge in [0.15, 0.2) is 24.5 Å². The standard InChI is InChI=1S/C26H34N4O11S/c1-5-19(31)37-14-18-23(39-20(32)6-2)24(40-21(33)7-3)25(41-22(34)8-4)26(38-18)30-13-17(28-29-30)15-9-11-16(12-10-15)42(27,35)36/h9-13,18,23-26H,5-8,14H2,1-4H3,(H2,27,35,36)/t18-,23-,24+,25-,26-/m1/s1. The number of sulfonamides is 1. The first-order valence-corrected chi connectivity index (χ1v) is 14.9. The van der Waals surface area contributed by atoms with Gasteiger partial charge in [0.1, 0.15) is 18.4 Å². The summed E-state index contributed by atoms with van der Waals surface area (Å²) < 4.78 is 52.8. The third-order valence-corrected chi connectivity index (χ3v) is 7.15. The van der Waals surface area contributed by atoms with Gasteiger partial charge < -0.3 is 23.7 Å². The highest BCUT2D eigenvalue weighted by molar-refractivity contribution is 7.89. The molecule has 1 aliphatic rings. The highest BCUT2D eigenvalue weighted by Gasteiger charge is 2.53. The summed E-state index contributed by atoms with van der Waals surface area (Å²) in [5.41, 5.74) is 0.763. The van der Waals surface area contributed by atoms with Crippen LogP contribution in [0.15, 0.2) is 35.4 Å². The van der Waals surface area contributed by atoms with Gasteiger partial charge in [0.2, 0.25) is 10.0 Å². The van der Waals surface area contributed by atoms with E-state index in [1.165, 1.54) is 35.1 Å². The van der Waals surface area contributed by atoms with E-state index in [2.05, 4.69) is 10.3 Å². The molecule has 1 fully saturated rings. The number of nitrogens with zero attached hydrogens (tertiary/aromatic N) is 3. The molecular formula is C26H34N4O11S. The van der Waals surface area contributed by atoms with E-state index in [0.29, 0.717) is 5.56 Å². The molecule has 1 aromatic heterocycles. The molecule has 0 spiro atoms. The second-order valence-electron chi connectivity index (χ2n) is 9.18. The van der Waals surface area contributed by atoms with Gasteiger partial charge in [0, 0.05) is 31.2 Å². The molecule has 42 heavy (non-hydrogen) atoms. The van der Waals surface area contributed by atoms with Crippen LogP contribution in [-0.4, -0.2) is 78.3 Å². The smallest absolute Gasteiger partial charge is 0.306 e. The Morgan fingerprint density at radius 3 is 1.88 bits per heavy atom. The third-order valence-electron chi connectivity index (χ3n) is 6.22. The number of aromatic nitrogens is 3. The summed E-state index contributed by atoms with van der Waals surface area (Å²) in [4.78, 5) is 49.3. The maximum Gasteiger partial charge on any atom is 0.306 e. The molecule has 16 heteroatoms. The van der Waals surface area contributed by atoms with Crippen LogP contribution in [-0.2, 0) is 52.9 Å². The van der Waals surface area contributed by atoms with Gasteiger partial charge in [-0.25, -0.2) is 18.2 Å². The third kappa shape index (κ3) is 8.10. The zero-order valence-corrected chi connectivity index (χ0v) is 24.4. The van der Waals surface area contributed by atoms with Crippen LogP contribution >= 0.6 is 0 Å². The minimum Gasteiger partial charge on any atom is -0.463 e. The minimum absolute atomic E-state index is 0.0219. The summed E-state index contributed by atoms with van der Waals surface area (Å²) in [5, 5.41) is 13.4. The van der Waals surface area contributed by atoms with Gasteiger partial charge in [0.05, 0.1) is 11.1 Å². The number of carbonyl (C=O) groups excluding carboxylic acids is 4. The molecule has 3 rings (SSSR count). The Morgan fingerprint density at radius 1 is 0.833 bits per heavy atom. The van der Waals surface area contributed by atoms with Crippen LogP contribution in [0.1, 0.15) is 59.6 Å². The molecule has 1 saturated heterocycles. The lowest BCUT2D eigenvalue weighted by atomic mass is 9.97. The number of rotatable bonds is 12. The van der Waals surface area contributed by atoms with E-state index < -0.39 is 64.5 Å². The second kappa shape index (κ2) is 14.3. The average Bonchev–Trinajstić information content (AvgIpc) is 3.47. The number of carbonyl (C=O) groups is 4. The zero-order chi connectivity index (χ0) is 31.0. The van der Waals surface area contributed by atoms with Crippen LogP contribution in [0.25, 0.3) is 11.3 Å². The van der Waals surface area contributed by atoms with Gasteiger partial charge in [-0.2, -0.15) is 0 Å². The zero-order valence-electron chi connectivity index (χ0n) is 23.6. The van der Waals surface area contributed by atoms with Crippen molar-refractivity contribution in [2.75, 3.05) is 6.61 Å². The summed E-state index contributed by atoms with van der Waals surface area (Å²) in [6.45, 7) is 5.91. The fourth-order valence-electron chi connectivity index (χ4n) is 3.98. The maximum atomic E-state index is 12.5. The molecule has 2 N–H and O–H groups in total. The van der Waals surface area contributed by atoms with E-state index in [1.54, 1.807) is 27.7 Å². The number of primary sulfonamides is 1. The van der Waals surface area contributed by atoms with Crippen LogP contribution in [0.4, 0.5) is 0 Å². The summed E-state index contributed by atoms with van der Waals surface area (Å²) in [5.74, 6) is -2.54. The van der Waals surface area contributed by atoms with Gasteiger partial charge in [-0.05, 0) is 12.1 Å². The van der Waals surface area contributed by atoms with Crippen molar-refractivity contribution in [1.29, 1.82) is 0 Å². The van der Waals surface area contributed by atoms with Crippen LogP contribution in [0.5, 0.6) is 0 Å². The molecule has 0 aliphatic carbocycles. The van der Waals surface area contributed by atoms with Crippen molar-refractivity contribution in [1.82, 2.24) is 15.0 Å². The van der Waals surface area contributed by atoms with Crippen LogP contribution in [0, 0.1) is 0 Å². The minimum atomic E-state index is -3.91. The van der Waals surface area contributed by atoms with Crippen LogP contribution in [0.3, 0.4) is 0 Å². The molecule has 5 atom stereocenters. The molecule has 2 aromatic rings.